The third-order valence-electron chi connectivity index (χ3n) is 7.68. The van der Waals surface area contributed by atoms with Gasteiger partial charge in [-0.2, -0.15) is 14.8 Å². The van der Waals surface area contributed by atoms with Crippen molar-refractivity contribution in [3.05, 3.63) is 30.0 Å². The number of piperidine rings is 1. The number of benzene rings is 1. The number of carbonyl (C=O) groups excluding carboxylic acids is 1. The van der Waals surface area contributed by atoms with Gasteiger partial charge in [-0.1, -0.05) is 24.6 Å². The molecule has 0 unspecified atom stereocenters. The molecule has 3 heterocycles. The molecule has 2 saturated heterocycles. The molecule has 1 amide bonds. The van der Waals surface area contributed by atoms with Gasteiger partial charge in [-0.3, -0.25) is 4.79 Å². The number of carbonyl (C=O) groups is 1. The van der Waals surface area contributed by atoms with Crippen LogP contribution in [0.2, 0.25) is 0 Å². The quantitative estimate of drug-likeness (QED) is 0.571. The number of nitrogens with two attached hydrogens (primary N) is 1. The summed E-state index contributed by atoms with van der Waals surface area (Å²) in [7, 11) is 0. The van der Waals surface area contributed by atoms with Crippen LogP contribution < -0.4 is 5.73 Å². The fourth-order valence-corrected chi connectivity index (χ4v) is 5.30. The van der Waals surface area contributed by atoms with Crippen LogP contribution in [0.25, 0.3) is 10.9 Å². The van der Waals surface area contributed by atoms with E-state index in [1.54, 1.807) is 4.68 Å². The molecule has 32 heavy (non-hydrogen) atoms. The standard InChI is InChI=1S/C25H35N5O2/c26-25(30-22-7-2-1-6-21(22)23(28-30)19-4-3-5-19)27-24(31)20-9-14-29(15-10-20)13-8-18-11-16-32-17-12-18/h1-2,6-7,18-20H,3-5,8-17H2,(H2,26,27,31). The fourth-order valence-electron chi connectivity index (χ4n) is 5.30. The van der Waals surface area contributed by atoms with E-state index in [1.807, 2.05) is 18.2 Å². The largest absolute Gasteiger partial charge is 0.381 e. The van der Waals surface area contributed by atoms with E-state index in [4.69, 9.17) is 15.6 Å². The number of fused-ring (bicyclic) bond motifs is 1. The second-order valence-corrected chi connectivity index (χ2v) is 9.71. The molecule has 5 rings (SSSR count). The Balaban J connectivity index is 1.20. The zero-order valence-electron chi connectivity index (χ0n) is 18.9. The van der Waals surface area contributed by atoms with Crippen LogP contribution in [0.1, 0.15) is 63.0 Å². The first-order valence-electron chi connectivity index (χ1n) is 12.3. The SMILES string of the molecule is NC(=NC(=O)C1CCN(CCC2CCOCC2)CC1)n1nc(C2CCC2)c2ccccc21. The number of rotatable bonds is 5. The van der Waals surface area contributed by atoms with Crippen molar-refractivity contribution in [2.24, 2.45) is 22.6 Å². The van der Waals surface area contributed by atoms with E-state index in [-0.39, 0.29) is 17.8 Å². The molecule has 0 atom stereocenters. The second kappa shape index (κ2) is 9.71. The summed E-state index contributed by atoms with van der Waals surface area (Å²) in [6, 6.07) is 8.12. The van der Waals surface area contributed by atoms with Crippen molar-refractivity contribution in [1.82, 2.24) is 14.7 Å². The fraction of sp³-hybridized carbons (Fsp3) is 0.640. The van der Waals surface area contributed by atoms with Crippen LogP contribution in [0.5, 0.6) is 0 Å². The molecule has 0 bridgehead atoms. The van der Waals surface area contributed by atoms with Crippen molar-refractivity contribution >= 4 is 22.8 Å². The Bertz CT molecular complexity index is 966. The zero-order chi connectivity index (χ0) is 21.9. The number of aliphatic imine (C=N–C) groups is 1. The highest BCUT2D eigenvalue weighted by Crippen LogP contribution is 2.38. The predicted octanol–water partition coefficient (Wildman–Crippen LogP) is 3.52. The minimum Gasteiger partial charge on any atom is -0.381 e. The van der Waals surface area contributed by atoms with Crippen LogP contribution in [0.3, 0.4) is 0 Å². The average molecular weight is 438 g/mol. The first kappa shape index (κ1) is 21.6. The maximum Gasteiger partial charge on any atom is 0.252 e. The van der Waals surface area contributed by atoms with Gasteiger partial charge in [0.15, 0.2) is 0 Å². The number of aromatic nitrogens is 2. The molecule has 1 aliphatic carbocycles. The molecule has 2 N–H and O–H groups in total. The molecule has 2 aromatic rings. The van der Waals surface area contributed by atoms with E-state index in [0.717, 1.165) is 68.2 Å². The molecule has 0 spiro atoms. The third kappa shape index (κ3) is 4.59. The molecule has 3 aliphatic rings. The molecule has 0 radical (unpaired) electrons. The van der Waals surface area contributed by atoms with Gasteiger partial charge >= 0.3 is 0 Å². The van der Waals surface area contributed by atoms with Crippen LogP contribution in [0, 0.1) is 11.8 Å². The van der Waals surface area contributed by atoms with E-state index in [1.165, 1.54) is 38.5 Å². The number of nitrogens with zero attached hydrogens (tertiary/aromatic N) is 4. The lowest BCUT2D eigenvalue weighted by molar-refractivity contribution is -0.123. The Morgan fingerprint density at radius 1 is 1.09 bits per heavy atom. The van der Waals surface area contributed by atoms with E-state index in [9.17, 15) is 4.79 Å². The van der Waals surface area contributed by atoms with Gasteiger partial charge in [0, 0.05) is 30.4 Å². The van der Waals surface area contributed by atoms with Crippen LogP contribution >= 0.6 is 0 Å². The Morgan fingerprint density at radius 3 is 2.56 bits per heavy atom. The molecule has 7 heteroatoms. The highest BCUT2D eigenvalue weighted by Gasteiger charge is 2.28. The van der Waals surface area contributed by atoms with Crippen molar-refractivity contribution in [1.29, 1.82) is 0 Å². The first-order chi connectivity index (χ1) is 15.7. The molecular formula is C25H35N5O2. The lowest BCUT2D eigenvalue weighted by Crippen LogP contribution is -2.38. The minimum atomic E-state index is -0.101. The van der Waals surface area contributed by atoms with Gasteiger partial charge in [-0.25, -0.2) is 0 Å². The highest BCUT2D eigenvalue weighted by molar-refractivity contribution is 5.99. The molecule has 2 aliphatic heterocycles. The van der Waals surface area contributed by atoms with E-state index >= 15 is 0 Å². The van der Waals surface area contributed by atoms with Crippen molar-refractivity contribution in [3.8, 4) is 0 Å². The summed E-state index contributed by atoms with van der Waals surface area (Å²) in [4.78, 5) is 19.7. The van der Waals surface area contributed by atoms with Gasteiger partial charge in [0.25, 0.3) is 5.91 Å². The Morgan fingerprint density at radius 2 is 1.84 bits per heavy atom. The van der Waals surface area contributed by atoms with Crippen LogP contribution in [-0.2, 0) is 9.53 Å². The molecule has 1 saturated carbocycles. The number of likely N-dealkylation sites (tertiary alicyclic amines) is 1. The predicted molar refractivity (Wildman–Crippen MR) is 126 cm³/mol. The highest BCUT2D eigenvalue weighted by atomic mass is 16.5. The van der Waals surface area contributed by atoms with Gasteiger partial charge in [0.1, 0.15) is 0 Å². The van der Waals surface area contributed by atoms with Gasteiger partial charge < -0.3 is 15.4 Å². The van der Waals surface area contributed by atoms with E-state index < -0.39 is 0 Å². The van der Waals surface area contributed by atoms with E-state index in [2.05, 4.69) is 16.0 Å². The van der Waals surface area contributed by atoms with Gasteiger partial charge in [0.2, 0.25) is 5.96 Å². The number of amides is 1. The van der Waals surface area contributed by atoms with Gasteiger partial charge in [0.05, 0.1) is 11.2 Å². The van der Waals surface area contributed by atoms with Gasteiger partial charge in [-0.15, -0.1) is 0 Å². The molecule has 1 aromatic heterocycles. The summed E-state index contributed by atoms with van der Waals surface area (Å²) < 4.78 is 7.13. The van der Waals surface area contributed by atoms with Crippen LogP contribution in [0.4, 0.5) is 0 Å². The topological polar surface area (TPSA) is 85.7 Å². The number of ether oxygens (including phenoxy) is 1. The van der Waals surface area contributed by atoms with Crippen LogP contribution in [-0.4, -0.2) is 59.4 Å². The van der Waals surface area contributed by atoms with Crippen molar-refractivity contribution < 1.29 is 9.53 Å². The number of hydrogen-bond donors (Lipinski definition) is 1. The van der Waals surface area contributed by atoms with Crippen molar-refractivity contribution in [2.45, 2.75) is 57.3 Å². The summed E-state index contributed by atoms with van der Waals surface area (Å²) in [5.74, 6) is 1.34. The number of para-hydroxylation sites is 1. The summed E-state index contributed by atoms with van der Waals surface area (Å²) >= 11 is 0. The van der Waals surface area contributed by atoms with Crippen molar-refractivity contribution in [3.63, 3.8) is 0 Å². The molecule has 7 nitrogen and oxygen atoms in total. The second-order valence-electron chi connectivity index (χ2n) is 9.71. The number of hydrogen-bond acceptors (Lipinski definition) is 4. The summed E-state index contributed by atoms with van der Waals surface area (Å²) in [6.07, 6.45) is 8.92. The average Bonchev–Trinajstić information content (AvgIpc) is 3.17. The summed E-state index contributed by atoms with van der Waals surface area (Å²) in [6.45, 7) is 4.88. The summed E-state index contributed by atoms with van der Waals surface area (Å²) in [5.41, 5.74) is 8.34. The normalized spacial score (nSPS) is 22.3. The Kier molecular flexibility index (Phi) is 6.55. The Labute approximate surface area is 190 Å². The Hall–Kier alpha value is -2.25. The maximum atomic E-state index is 12.9. The first-order valence-corrected chi connectivity index (χ1v) is 12.3. The molecule has 3 fully saturated rings. The monoisotopic (exact) mass is 437 g/mol. The van der Waals surface area contributed by atoms with Gasteiger partial charge in [-0.05, 0) is 76.6 Å². The van der Waals surface area contributed by atoms with Crippen molar-refractivity contribution in [2.75, 3.05) is 32.8 Å². The lowest BCUT2D eigenvalue weighted by atomic mass is 9.82. The molecule has 172 valence electrons. The molecular weight excluding hydrogens is 402 g/mol. The molecule has 1 aromatic carbocycles. The smallest absolute Gasteiger partial charge is 0.252 e. The summed E-state index contributed by atoms with van der Waals surface area (Å²) in [5, 5.41) is 5.91. The minimum absolute atomic E-state index is 0.0409. The lowest BCUT2D eigenvalue weighted by Gasteiger charge is -2.32. The van der Waals surface area contributed by atoms with E-state index in [0.29, 0.717) is 5.92 Å². The zero-order valence-corrected chi connectivity index (χ0v) is 18.9. The third-order valence-corrected chi connectivity index (χ3v) is 7.68. The van der Waals surface area contributed by atoms with Crippen LogP contribution in [0.15, 0.2) is 29.3 Å². The maximum absolute atomic E-state index is 12.9.